The summed E-state index contributed by atoms with van der Waals surface area (Å²) in [6.07, 6.45) is 2.10. The van der Waals surface area contributed by atoms with Crippen molar-refractivity contribution >= 4 is 27.6 Å². The molecule has 0 N–H and O–H groups in total. The molecule has 3 heteroatoms. The number of aryl methyl sites for hydroxylation is 1. The number of hydrogen-bond acceptors (Lipinski definition) is 2. The first-order valence-corrected chi connectivity index (χ1v) is 7.65. The molecule has 4 aromatic rings. The molecular weight excluding hydrogens is 284 g/mol. The highest BCUT2D eigenvalue weighted by Crippen LogP contribution is 2.29. The highest BCUT2D eigenvalue weighted by Gasteiger charge is 2.17. The molecule has 2 aromatic carbocycles. The molecule has 2 aromatic heterocycles. The van der Waals surface area contributed by atoms with E-state index in [0.717, 1.165) is 27.4 Å². The van der Waals surface area contributed by atoms with Crippen molar-refractivity contribution in [1.29, 1.82) is 0 Å². The van der Waals surface area contributed by atoms with Crippen molar-refractivity contribution in [3.05, 3.63) is 78.1 Å². The lowest BCUT2D eigenvalue weighted by atomic mass is 10.0. The number of pyridine rings is 1. The van der Waals surface area contributed by atoms with E-state index in [4.69, 9.17) is 0 Å². The van der Waals surface area contributed by atoms with Crippen LogP contribution in [0.3, 0.4) is 0 Å². The molecule has 3 nitrogen and oxygen atoms in total. The maximum absolute atomic E-state index is 12.8. The summed E-state index contributed by atoms with van der Waals surface area (Å²) in [6, 6.07) is 20.0. The number of Topliss-reactive ketones (excluding diaryl/α,β-unsaturated/α-hetero) is 1. The fourth-order valence-electron chi connectivity index (χ4n) is 3.19. The molecule has 0 bridgehead atoms. The van der Waals surface area contributed by atoms with Gasteiger partial charge in [0, 0.05) is 36.0 Å². The molecule has 0 radical (unpaired) electrons. The molecule has 0 atom stereocenters. The van der Waals surface area contributed by atoms with Crippen LogP contribution in [0.25, 0.3) is 21.8 Å². The first-order chi connectivity index (χ1) is 11.3. The molecule has 0 aliphatic heterocycles. The molecule has 0 amide bonds. The number of rotatable bonds is 3. The van der Waals surface area contributed by atoms with Crippen molar-refractivity contribution in [3.63, 3.8) is 0 Å². The Hall–Kier alpha value is -2.94. The van der Waals surface area contributed by atoms with E-state index in [2.05, 4.69) is 21.7 Å². The van der Waals surface area contributed by atoms with Crippen LogP contribution in [0.4, 0.5) is 0 Å². The molecule has 0 saturated heterocycles. The molecule has 0 fully saturated rings. The summed E-state index contributed by atoms with van der Waals surface area (Å²) in [7, 11) is 1.99. The minimum atomic E-state index is 0.0488. The summed E-state index contributed by atoms with van der Waals surface area (Å²) in [6.45, 7) is 0. The van der Waals surface area contributed by atoms with Gasteiger partial charge in [0.15, 0.2) is 5.78 Å². The Morgan fingerprint density at radius 2 is 1.70 bits per heavy atom. The molecule has 112 valence electrons. The Morgan fingerprint density at radius 1 is 0.957 bits per heavy atom. The van der Waals surface area contributed by atoms with Crippen molar-refractivity contribution in [1.82, 2.24) is 9.55 Å². The van der Waals surface area contributed by atoms with Gasteiger partial charge in [-0.25, -0.2) is 0 Å². The SMILES string of the molecule is Cn1c2ccccc2c2ccnc(C(=O)Cc3ccccc3)c21. The number of fused-ring (bicyclic) bond motifs is 3. The van der Waals surface area contributed by atoms with Crippen molar-refractivity contribution in [3.8, 4) is 0 Å². The van der Waals surface area contributed by atoms with Gasteiger partial charge in [0.05, 0.1) is 5.52 Å². The van der Waals surface area contributed by atoms with Gasteiger partial charge in [-0.3, -0.25) is 9.78 Å². The second kappa shape index (κ2) is 5.36. The number of para-hydroxylation sites is 1. The number of ketones is 1. The first kappa shape index (κ1) is 13.7. The predicted molar refractivity (Wildman–Crippen MR) is 92.7 cm³/mol. The molecule has 0 unspecified atom stereocenters. The third kappa shape index (κ3) is 2.21. The Kier molecular flexibility index (Phi) is 3.19. The number of nitrogens with zero attached hydrogens (tertiary/aromatic N) is 2. The van der Waals surface area contributed by atoms with Crippen LogP contribution >= 0.6 is 0 Å². The zero-order valence-corrected chi connectivity index (χ0v) is 12.9. The van der Waals surface area contributed by atoms with Crippen molar-refractivity contribution in [2.24, 2.45) is 7.05 Å². The largest absolute Gasteiger partial charge is 0.342 e. The lowest BCUT2D eigenvalue weighted by Gasteiger charge is -2.05. The summed E-state index contributed by atoms with van der Waals surface area (Å²) in [4.78, 5) is 17.2. The zero-order chi connectivity index (χ0) is 15.8. The van der Waals surface area contributed by atoms with Gasteiger partial charge in [-0.15, -0.1) is 0 Å². The average Bonchev–Trinajstić information content (AvgIpc) is 2.89. The summed E-state index contributed by atoms with van der Waals surface area (Å²) in [5.74, 6) is 0.0488. The van der Waals surface area contributed by atoms with E-state index < -0.39 is 0 Å². The van der Waals surface area contributed by atoms with E-state index in [9.17, 15) is 4.79 Å². The molecule has 0 aliphatic carbocycles. The maximum Gasteiger partial charge on any atom is 0.187 e. The fourth-order valence-corrected chi connectivity index (χ4v) is 3.19. The summed E-state index contributed by atoms with van der Waals surface area (Å²) in [5.41, 5.74) is 3.58. The van der Waals surface area contributed by atoms with E-state index in [1.54, 1.807) is 6.20 Å². The molecule has 0 aliphatic rings. The predicted octanol–water partition coefficient (Wildman–Crippen LogP) is 4.15. The van der Waals surface area contributed by atoms with Crippen LogP contribution in [-0.2, 0) is 13.5 Å². The fraction of sp³-hybridized carbons (Fsp3) is 0.100. The van der Waals surface area contributed by atoms with Crippen LogP contribution in [-0.4, -0.2) is 15.3 Å². The van der Waals surface area contributed by atoms with E-state index in [0.29, 0.717) is 12.1 Å². The molecule has 0 spiro atoms. The van der Waals surface area contributed by atoms with Gasteiger partial charge in [0.25, 0.3) is 0 Å². The van der Waals surface area contributed by atoms with Gasteiger partial charge < -0.3 is 4.57 Å². The normalized spacial score (nSPS) is 11.2. The Morgan fingerprint density at radius 3 is 2.52 bits per heavy atom. The Labute approximate surface area is 134 Å². The molecule has 2 heterocycles. The van der Waals surface area contributed by atoms with Gasteiger partial charge >= 0.3 is 0 Å². The number of carbonyl (C=O) groups is 1. The van der Waals surface area contributed by atoms with Crippen LogP contribution in [0.2, 0.25) is 0 Å². The lowest BCUT2D eigenvalue weighted by Crippen LogP contribution is -2.08. The van der Waals surface area contributed by atoms with Crippen LogP contribution < -0.4 is 0 Å². The smallest absolute Gasteiger partial charge is 0.187 e. The second-order valence-electron chi connectivity index (χ2n) is 5.72. The Balaban J connectivity index is 1.89. The summed E-state index contributed by atoms with van der Waals surface area (Å²) < 4.78 is 2.07. The van der Waals surface area contributed by atoms with Crippen molar-refractivity contribution < 1.29 is 4.79 Å². The van der Waals surface area contributed by atoms with Gasteiger partial charge in [0.1, 0.15) is 5.69 Å². The van der Waals surface area contributed by atoms with Gasteiger partial charge in [-0.1, -0.05) is 48.5 Å². The maximum atomic E-state index is 12.8. The van der Waals surface area contributed by atoms with E-state index >= 15 is 0 Å². The van der Waals surface area contributed by atoms with Gasteiger partial charge in [-0.2, -0.15) is 0 Å². The average molecular weight is 300 g/mol. The van der Waals surface area contributed by atoms with Crippen LogP contribution in [0.5, 0.6) is 0 Å². The zero-order valence-electron chi connectivity index (χ0n) is 12.9. The quantitative estimate of drug-likeness (QED) is 0.533. The number of benzene rings is 2. The minimum absolute atomic E-state index is 0.0488. The van der Waals surface area contributed by atoms with E-state index in [-0.39, 0.29) is 5.78 Å². The number of carbonyl (C=O) groups excluding carboxylic acids is 1. The number of hydrogen-bond donors (Lipinski definition) is 0. The molecule has 4 rings (SSSR count). The highest BCUT2D eigenvalue weighted by atomic mass is 16.1. The van der Waals surface area contributed by atoms with E-state index in [1.165, 1.54) is 0 Å². The monoisotopic (exact) mass is 300 g/mol. The van der Waals surface area contributed by atoms with Crippen LogP contribution in [0, 0.1) is 0 Å². The third-order valence-electron chi connectivity index (χ3n) is 4.29. The lowest BCUT2D eigenvalue weighted by molar-refractivity contribution is 0.0989. The van der Waals surface area contributed by atoms with Gasteiger partial charge in [0.2, 0.25) is 0 Å². The molecule has 23 heavy (non-hydrogen) atoms. The van der Waals surface area contributed by atoms with Crippen LogP contribution in [0.15, 0.2) is 66.9 Å². The topological polar surface area (TPSA) is 34.9 Å². The minimum Gasteiger partial charge on any atom is -0.342 e. The van der Waals surface area contributed by atoms with E-state index in [1.807, 2.05) is 55.6 Å². The standard InChI is InChI=1S/C20H16N2O/c1-22-17-10-6-5-9-15(17)16-11-12-21-19(20(16)22)18(23)13-14-7-3-2-4-8-14/h2-12H,13H2,1H3. The van der Waals surface area contributed by atoms with Gasteiger partial charge in [-0.05, 0) is 17.7 Å². The van der Waals surface area contributed by atoms with Crippen LogP contribution in [0.1, 0.15) is 16.1 Å². The summed E-state index contributed by atoms with van der Waals surface area (Å²) >= 11 is 0. The number of aromatic nitrogens is 2. The summed E-state index contributed by atoms with van der Waals surface area (Å²) in [5, 5.41) is 2.23. The highest BCUT2D eigenvalue weighted by molar-refractivity contribution is 6.15. The second-order valence-corrected chi connectivity index (χ2v) is 5.72. The first-order valence-electron chi connectivity index (χ1n) is 7.65. The molecular formula is C20H16N2O. The third-order valence-corrected chi connectivity index (χ3v) is 4.29. The van der Waals surface area contributed by atoms with Crippen molar-refractivity contribution in [2.75, 3.05) is 0 Å². The Bertz CT molecular complexity index is 1020. The molecule has 0 saturated carbocycles. The van der Waals surface area contributed by atoms with Crippen molar-refractivity contribution in [2.45, 2.75) is 6.42 Å².